The normalized spacial score (nSPS) is 10.3. The summed E-state index contributed by atoms with van der Waals surface area (Å²) in [4.78, 5) is 0. The van der Waals surface area contributed by atoms with Crippen LogP contribution in [-0.2, 0) is 6.61 Å². The number of rotatable bonds is 4. The van der Waals surface area contributed by atoms with Gasteiger partial charge in [0.05, 0.1) is 11.6 Å². The quantitative estimate of drug-likeness (QED) is 0.868. The Hall–Kier alpha value is -1.68. The molecule has 2 aromatic carbocycles. The first-order valence-electron chi connectivity index (χ1n) is 5.91. The summed E-state index contributed by atoms with van der Waals surface area (Å²) < 4.78 is 11.9. The number of hydrogen-bond donors (Lipinski definition) is 1. The van der Waals surface area contributed by atoms with Crippen LogP contribution in [0, 0.1) is 6.92 Å². The van der Waals surface area contributed by atoms with E-state index in [1.807, 2.05) is 43.3 Å². The lowest BCUT2D eigenvalue weighted by molar-refractivity contribution is 0.304. The molecule has 0 unspecified atom stereocenters. The molecule has 0 bridgehead atoms. The van der Waals surface area contributed by atoms with Gasteiger partial charge in [0.15, 0.2) is 0 Å². The van der Waals surface area contributed by atoms with Crippen molar-refractivity contribution in [3.05, 3.63) is 52.0 Å². The number of ether oxygens (including phenoxy) is 2. The SMILES string of the molecule is COc1ccc(COc2ccc(N)cc2C)cc1Br. The molecule has 0 saturated carbocycles. The summed E-state index contributed by atoms with van der Waals surface area (Å²) >= 11 is 3.46. The zero-order valence-electron chi connectivity index (χ0n) is 10.9. The van der Waals surface area contributed by atoms with Crippen LogP contribution in [0.1, 0.15) is 11.1 Å². The lowest BCUT2D eigenvalue weighted by Gasteiger charge is -2.11. The molecule has 0 radical (unpaired) electrons. The first-order chi connectivity index (χ1) is 9.10. The van der Waals surface area contributed by atoms with Crippen LogP contribution in [-0.4, -0.2) is 7.11 Å². The van der Waals surface area contributed by atoms with E-state index >= 15 is 0 Å². The smallest absolute Gasteiger partial charge is 0.133 e. The molecule has 2 N–H and O–H groups in total. The molecule has 4 heteroatoms. The lowest BCUT2D eigenvalue weighted by Crippen LogP contribution is -1.98. The zero-order valence-corrected chi connectivity index (χ0v) is 12.5. The molecular weight excluding hydrogens is 306 g/mol. The molecule has 0 heterocycles. The highest BCUT2D eigenvalue weighted by atomic mass is 79.9. The van der Waals surface area contributed by atoms with Crippen molar-refractivity contribution in [2.24, 2.45) is 0 Å². The fraction of sp³-hybridized carbons (Fsp3) is 0.200. The van der Waals surface area contributed by atoms with Crippen molar-refractivity contribution in [3.63, 3.8) is 0 Å². The van der Waals surface area contributed by atoms with Crippen LogP contribution in [0.5, 0.6) is 11.5 Å². The highest BCUT2D eigenvalue weighted by Crippen LogP contribution is 2.27. The summed E-state index contributed by atoms with van der Waals surface area (Å²) in [6, 6.07) is 11.5. The molecule has 0 aliphatic rings. The Bertz CT molecular complexity index is 584. The van der Waals surface area contributed by atoms with Gasteiger partial charge in [-0.2, -0.15) is 0 Å². The zero-order chi connectivity index (χ0) is 13.8. The van der Waals surface area contributed by atoms with Gasteiger partial charge in [0, 0.05) is 5.69 Å². The van der Waals surface area contributed by atoms with Crippen molar-refractivity contribution in [1.82, 2.24) is 0 Å². The second kappa shape index (κ2) is 5.97. The van der Waals surface area contributed by atoms with Gasteiger partial charge in [0.1, 0.15) is 18.1 Å². The summed E-state index contributed by atoms with van der Waals surface area (Å²) in [7, 11) is 1.65. The molecule has 2 aromatic rings. The van der Waals surface area contributed by atoms with Crippen LogP contribution in [0.2, 0.25) is 0 Å². The average molecular weight is 322 g/mol. The number of benzene rings is 2. The first-order valence-corrected chi connectivity index (χ1v) is 6.71. The third-order valence-corrected chi connectivity index (χ3v) is 3.43. The average Bonchev–Trinajstić information content (AvgIpc) is 2.38. The van der Waals surface area contributed by atoms with Crippen LogP contribution in [0.25, 0.3) is 0 Å². The Morgan fingerprint density at radius 3 is 2.47 bits per heavy atom. The van der Waals surface area contributed by atoms with Crippen molar-refractivity contribution < 1.29 is 9.47 Å². The summed E-state index contributed by atoms with van der Waals surface area (Å²) in [6.45, 7) is 2.49. The number of nitrogens with two attached hydrogens (primary N) is 1. The van der Waals surface area contributed by atoms with E-state index in [-0.39, 0.29) is 0 Å². The molecule has 0 atom stereocenters. The van der Waals surface area contributed by atoms with E-state index in [2.05, 4.69) is 15.9 Å². The van der Waals surface area contributed by atoms with Crippen LogP contribution in [0.15, 0.2) is 40.9 Å². The Balaban J connectivity index is 2.08. The van der Waals surface area contributed by atoms with E-state index in [0.717, 1.165) is 32.8 Å². The highest BCUT2D eigenvalue weighted by Gasteiger charge is 2.04. The van der Waals surface area contributed by atoms with Crippen molar-refractivity contribution in [2.45, 2.75) is 13.5 Å². The fourth-order valence-electron chi connectivity index (χ4n) is 1.80. The fourth-order valence-corrected chi connectivity index (χ4v) is 2.38. The van der Waals surface area contributed by atoms with E-state index < -0.39 is 0 Å². The van der Waals surface area contributed by atoms with Gasteiger partial charge in [-0.3, -0.25) is 0 Å². The molecule has 0 aliphatic carbocycles. The molecule has 2 rings (SSSR count). The molecule has 0 fully saturated rings. The van der Waals surface area contributed by atoms with Crippen LogP contribution < -0.4 is 15.2 Å². The maximum atomic E-state index is 5.79. The molecule has 0 amide bonds. The molecule has 100 valence electrons. The van der Waals surface area contributed by atoms with Crippen molar-refractivity contribution in [3.8, 4) is 11.5 Å². The third-order valence-electron chi connectivity index (χ3n) is 2.81. The van der Waals surface area contributed by atoms with Gasteiger partial charge in [-0.05, 0) is 64.3 Å². The Morgan fingerprint density at radius 1 is 1.11 bits per heavy atom. The minimum Gasteiger partial charge on any atom is -0.496 e. The number of anilines is 1. The van der Waals surface area contributed by atoms with Crippen molar-refractivity contribution >= 4 is 21.6 Å². The largest absolute Gasteiger partial charge is 0.496 e. The van der Waals surface area contributed by atoms with Crippen LogP contribution >= 0.6 is 15.9 Å². The number of methoxy groups -OCH3 is 1. The Labute approximate surface area is 121 Å². The molecular formula is C15H16BrNO2. The molecule has 0 saturated heterocycles. The highest BCUT2D eigenvalue weighted by molar-refractivity contribution is 9.10. The van der Waals surface area contributed by atoms with Gasteiger partial charge in [-0.25, -0.2) is 0 Å². The van der Waals surface area contributed by atoms with Gasteiger partial charge < -0.3 is 15.2 Å². The molecule has 19 heavy (non-hydrogen) atoms. The summed E-state index contributed by atoms with van der Waals surface area (Å²) in [5.74, 6) is 1.66. The van der Waals surface area contributed by atoms with Crippen molar-refractivity contribution in [1.29, 1.82) is 0 Å². The third kappa shape index (κ3) is 3.41. The van der Waals surface area contributed by atoms with E-state index in [9.17, 15) is 0 Å². The number of aryl methyl sites for hydroxylation is 1. The maximum absolute atomic E-state index is 5.79. The molecule has 0 spiro atoms. The minimum absolute atomic E-state index is 0.507. The molecule has 3 nitrogen and oxygen atoms in total. The van der Waals surface area contributed by atoms with E-state index in [1.54, 1.807) is 7.11 Å². The van der Waals surface area contributed by atoms with E-state index in [4.69, 9.17) is 15.2 Å². The molecule has 0 aromatic heterocycles. The summed E-state index contributed by atoms with van der Waals surface area (Å²) in [5, 5.41) is 0. The number of halogens is 1. The first kappa shape index (κ1) is 13.7. The lowest BCUT2D eigenvalue weighted by atomic mass is 10.2. The number of hydrogen-bond acceptors (Lipinski definition) is 3. The summed E-state index contributed by atoms with van der Waals surface area (Å²) in [5.41, 5.74) is 8.57. The molecule has 0 aliphatic heterocycles. The van der Waals surface area contributed by atoms with Crippen molar-refractivity contribution in [2.75, 3.05) is 12.8 Å². The Morgan fingerprint density at radius 2 is 1.84 bits per heavy atom. The van der Waals surface area contributed by atoms with Gasteiger partial charge >= 0.3 is 0 Å². The summed E-state index contributed by atoms with van der Waals surface area (Å²) in [6.07, 6.45) is 0. The standard InChI is InChI=1S/C15H16BrNO2/c1-10-7-12(17)4-6-14(10)19-9-11-3-5-15(18-2)13(16)8-11/h3-8H,9,17H2,1-2H3. The Kier molecular flexibility index (Phi) is 4.32. The van der Waals surface area contributed by atoms with E-state index in [1.165, 1.54) is 0 Å². The van der Waals surface area contributed by atoms with Crippen LogP contribution in [0.3, 0.4) is 0 Å². The predicted octanol–water partition coefficient (Wildman–Crippen LogP) is 3.93. The maximum Gasteiger partial charge on any atom is 0.133 e. The number of nitrogen functional groups attached to an aromatic ring is 1. The second-order valence-corrected chi connectivity index (χ2v) is 5.14. The van der Waals surface area contributed by atoms with Crippen LogP contribution in [0.4, 0.5) is 5.69 Å². The minimum atomic E-state index is 0.507. The monoisotopic (exact) mass is 321 g/mol. The predicted molar refractivity (Wildman–Crippen MR) is 80.6 cm³/mol. The van der Waals surface area contributed by atoms with E-state index in [0.29, 0.717) is 6.61 Å². The topological polar surface area (TPSA) is 44.5 Å². The van der Waals surface area contributed by atoms with Gasteiger partial charge in [-0.1, -0.05) is 6.07 Å². The van der Waals surface area contributed by atoms with Gasteiger partial charge in [0.2, 0.25) is 0 Å². The van der Waals surface area contributed by atoms with Gasteiger partial charge in [0.25, 0.3) is 0 Å². The van der Waals surface area contributed by atoms with Gasteiger partial charge in [-0.15, -0.1) is 0 Å². The second-order valence-electron chi connectivity index (χ2n) is 4.28.